The molecule has 1 atom stereocenters. The lowest BCUT2D eigenvalue weighted by Crippen LogP contribution is -2.31. The monoisotopic (exact) mass is 280 g/mol. The van der Waals surface area contributed by atoms with Gasteiger partial charge in [0, 0.05) is 24.2 Å². The lowest BCUT2D eigenvalue weighted by molar-refractivity contribution is 0.290. The van der Waals surface area contributed by atoms with Crippen LogP contribution in [-0.4, -0.2) is 38.8 Å². The number of rotatable bonds is 8. The Labute approximate surface area is 122 Å². The molecule has 4 nitrogen and oxygen atoms in total. The van der Waals surface area contributed by atoms with E-state index in [0.29, 0.717) is 5.92 Å². The second kappa shape index (κ2) is 8.12. The first-order valence-corrected chi connectivity index (χ1v) is 7.13. The summed E-state index contributed by atoms with van der Waals surface area (Å²) in [5, 5.41) is 0. The molecular weight excluding hydrogens is 252 g/mol. The fourth-order valence-corrected chi connectivity index (χ4v) is 2.06. The normalized spacial score (nSPS) is 12.8. The molecule has 0 aromatic heterocycles. The van der Waals surface area contributed by atoms with E-state index in [1.54, 1.807) is 14.2 Å². The van der Waals surface area contributed by atoms with Crippen molar-refractivity contribution in [3.05, 3.63) is 23.8 Å². The minimum Gasteiger partial charge on any atom is -0.497 e. The van der Waals surface area contributed by atoms with Gasteiger partial charge in [-0.1, -0.05) is 19.9 Å². The first kappa shape index (κ1) is 16.8. The molecule has 0 saturated heterocycles. The molecule has 0 bridgehead atoms. The molecule has 0 heterocycles. The van der Waals surface area contributed by atoms with Crippen LogP contribution in [0.15, 0.2) is 18.2 Å². The Hall–Kier alpha value is -1.26. The predicted molar refractivity (Wildman–Crippen MR) is 83.3 cm³/mol. The molecule has 1 rings (SSSR count). The highest BCUT2D eigenvalue weighted by molar-refractivity contribution is 5.40. The Morgan fingerprint density at radius 2 is 1.90 bits per heavy atom. The van der Waals surface area contributed by atoms with Crippen LogP contribution in [0.5, 0.6) is 11.5 Å². The van der Waals surface area contributed by atoms with Crippen molar-refractivity contribution < 1.29 is 9.47 Å². The Kier molecular flexibility index (Phi) is 6.82. The summed E-state index contributed by atoms with van der Waals surface area (Å²) >= 11 is 0. The third-order valence-corrected chi connectivity index (χ3v) is 3.63. The number of hydrogen-bond donors (Lipinski definition) is 1. The number of methoxy groups -OCH3 is 2. The standard InChI is InChI=1S/C16H28N2O2/c1-12(2)15(17)8-9-18(3)11-13-6-7-14(19-4)10-16(13)20-5/h6-7,10,12,15H,8-9,11,17H2,1-5H3. The molecule has 1 aromatic carbocycles. The van der Waals surface area contributed by atoms with Crippen LogP contribution < -0.4 is 15.2 Å². The van der Waals surface area contributed by atoms with Crippen LogP contribution in [0.1, 0.15) is 25.8 Å². The van der Waals surface area contributed by atoms with Gasteiger partial charge in [-0.05, 0) is 32.0 Å². The highest BCUT2D eigenvalue weighted by Gasteiger charge is 2.11. The molecule has 2 N–H and O–H groups in total. The van der Waals surface area contributed by atoms with Crippen LogP contribution in [0.2, 0.25) is 0 Å². The maximum Gasteiger partial charge on any atom is 0.127 e. The van der Waals surface area contributed by atoms with E-state index in [1.807, 2.05) is 12.1 Å². The van der Waals surface area contributed by atoms with Crippen molar-refractivity contribution in [1.82, 2.24) is 4.90 Å². The lowest BCUT2D eigenvalue weighted by atomic mass is 10.0. The predicted octanol–water partition coefficient (Wildman–Crippen LogP) is 2.51. The number of benzene rings is 1. The molecule has 0 saturated carbocycles. The zero-order valence-electron chi connectivity index (χ0n) is 13.3. The van der Waals surface area contributed by atoms with E-state index in [2.05, 4.69) is 31.9 Å². The average Bonchev–Trinajstić information content (AvgIpc) is 2.44. The minimum atomic E-state index is 0.259. The molecule has 1 unspecified atom stereocenters. The van der Waals surface area contributed by atoms with Gasteiger partial charge in [0.15, 0.2) is 0 Å². The molecule has 1 aromatic rings. The van der Waals surface area contributed by atoms with Crippen molar-refractivity contribution in [3.63, 3.8) is 0 Å². The first-order valence-electron chi connectivity index (χ1n) is 7.13. The number of nitrogens with zero attached hydrogens (tertiary/aromatic N) is 1. The van der Waals surface area contributed by atoms with Gasteiger partial charge in [0.05, 0.1) is 14.2 Å². The maximum absolute atomic E-state index is 6.08. The molecule has 0 fully saturated rings. The molecule has 0 aliphatic carbocycles. The summed E-state index contributed by atoms with van der Waals surface area (Å²) in [4.78, 5) is 2.27. The van der Waals surface area contributed by atoms with Crippen molar-refractivity contribution in [1.29, 1.82) is 0 Å². The van der Waals surface area contributed by atoms with Crippen molar-refractivity contribution in [2.24, 2.45) is 11.7 Å². The van der Waals surface area contributed by atoms with E-state index in [-0.39, 0.29) is 6.04 Å². The van der Waals surface area contributed by atoms with Gasteiger partial charge >= 0.3 is 0 Å². The van der Waals surface area contributed by atoms with Crippen LogP contribution in [-0.2, 0) is 6.54 Å². The van der Waals surface area contributed by atoms with Gasteiger partial charge in [0.1, 0.15) is 11.5 Å². The molecule has 0 aliphatic rings. The van der Waals surface area contributed by atoms with Gasteiger partial charge < -0.3 is 20.1 Å². The second-order valence-electron chi connectivity index (χ2n) is 5.61. The summed E-state index contributed by atoms with van der Waals surface area (Å²) in [5.74, 6) is 2.21. The van der Waals surface area contributed by atoms with Gasteiger partial charge in [0.25, 0.3) is 0 Å². The lowest BCUT2D eigenvalue weighted by Gasteiger charge is -2.22. The summed E-state index contributed by atoms with van der Waals surface area (Å²) in [6.45, 7) is 6.15. The molecule has 0 amide bonds. The summed E-state index contributed by atoms with van der Waals surface area (Å²) < 4.78 is 10.6. The molecular formula is C16H28N2O2. The highest BCUT2D eigenvalue weighted by Crippen LogP contribution is 2.25. The van der Waals surface area contributed by atoms with Gasteiger partial charge in [-0.3, -0.25) is 0 Å². The Balaban J connectivity index is 2.59. The summed E-state index contributed by atoms with van der Waals surface area (Å²) in [6, 6.07) is 6.20. The van der Waals surface area contributed by atoms with E-state index in [0.717, 1.165) is 36.6 Å². The Morgan fingerprint density at radius 3 is 2.45 bits per heavy atom. The average molecular weight is 280 g/mol. The van der Waals surface area contributed by atoms with Crippen LogP contribution in [0, 0.1) is 5.92 Å². The molecule has 114 valence electrons. The largest absolute Gasteiger partial charge is 0.497 e. The van der Waals surface area contributed by atoms with Crippen LogP contribution in [0.25, 0.3) is 0 Å². The third kappa shape index (κ3) is 5.02. The maximum atomic E-state index is 6.08. The first-order chi connectivity index (χ1) is 9.47. The number of ether oxygens (including phenoxy) is 2. The van der Waals surface area contributed by atoms with Gasteiger partial charge in [-0.15, -0.1) is 0 Å². The van der Waals surface area contributed by atoms with Crippen molar-refractivity contribution >= 4 is 0 Å². The molecule has 20 heavy (non-hydrogen) atoms. The molecule has 0 spiro atoms. The van der Waals surface area contributed by atoms with E-state index in [4.69, 9.17) is 15.2 Å². The molecule has 4 heteroatoms. The quantitative estimate of drug-likeness (QED) is 0.795. The summed E-state index contributed by atoms with van der Waals surface area (Å²) in [7, 11) is 5.46. The smallest absolute Gasteiger partial charge is 0.127 e. The fourth-order valence-electron chi connectivity index (χ4n) is 2.06. The molecule has 0 aliphatic heterocycles. The Morgan fingerprint density at radius 1 is 1.20 bits per heavy atom. The van der Waals surface area contributed by atoms with Crippen molar-refractivity contribution in [2.75, 3.05) is 27.8 Å². The highest BCUT2D eigenvalue weighted by atomic mass is 16.5. The van der Waals surface area contributed by atoms with Crippen molar-refractivity contribution in [3.8, 4) is 11.5 Å². The van der Waals surface area contributed by atoms with Gasteiger partial charge in [-0.25, -0.2) is 0 Å². The van der Waals surface area contributed by atoms with Gasteiger partial charge in [-0.2, -0.15) is 0 Å². The number of nitrogens with two attached hydrogens (primary N) is 1. The topological polar surface area (TPSA) is 47.7 Å². The molecule has 0 radical (unpaired) electrons. The summed E-state index contributed by atoms with van der Waals surface area (Å²) in [5.41, 5.74) is 7.25. The van der Waals surface area contributed by atoms with E-state index < -0.39 is 0 Å². The minimum absolute atomic E-state index is 0.259. The van der Waals surface area contributed by atoms with E-state index >= 15 is 0 Å². The SMILES string of the molecule is COc1ccc(CN(C)CCC(N)C(C)C)c(OC)c1. The van der Waals surface area contributed by atoms with E-state index in [1.165, 1.54) is 0 Å². The van der Waals surface area contributed by atoms with Crippen molar-refractivity contribution in [2.45, 2.75) is 32.9 Å². The van der Waals surface area contributed by atoms with Crippen LogP contribution in [0.4, 0.5) is 0 Å². The van der Waals surface area contributed by atoms with E-state index in [9.17, 15) is 0 Å². The van der Waals surface area contributed by atoms with Crippen LogP contribution in [0.3, 0.4) is 0 Å². The number of hydrogen-bond acceptors (Lipinski definition) is 4. The van der Waals surface area contributed by atoms with Crippen LogP contribution >= 0.6 is 0 Å². The zero-order chi connectivity index (χ0) is 15.1. The van der Waals surface area contributed by atoms with Gasteiger partial charge in [0.2, 0.25) is 0 Å². The summed E-state index contributed by atoms with van der Waals surface area (Å²) in [6.07, 6.45) is 1.01. The second-order valence-corrected chi connectivity index (χ2v) is 5.61. The third-order valence-electron chi connectivity index (χ3n) is 3.63. The zero-order valence-corrected chi connectivity index (χ0v) is 13.3. The fraction of sp³-hybridized carbons (Fsp3) is 0.625. The Bertz CT molecular complexity index is 407.